The summed E-state index contributed by atoms with van der Waals surface area (Å²) in [6, 6.07) is 3.73. The molecule has 2 heterocycles. The largest absolute Gasteiger partial charge is 0.493 e. The Morgan fingerprint density at radius 2 is 2.22 bits per heavy atom. The minimum absolute atomic E-state index is 0.0947. The van der Waals surface area contributed by atoms with Crippen molar-refractivity contribution in [2.75, 3.05) is 33.9 Å². The van der Waals surface area contributed by atoms with E-state index in [1.807, 2.05) is 4.90 Å². The fraction of sp³-hybridized carbons (Fsp3) is 0.500. The molecule has 0 radical (unpaired) electrons. The van der Waals surface area contributed by atoms with Gasteiger partial charge in [0.05, 0.1) is 19.2 Å². The fourth-order valence-corrected chi connectivity index (χ4v) is 3.34. The number of aryl methyl sites for hydroxylation is 1. The van der Waals surface area contributed by atoms with Crippen LogP contribution in [0, 0.1) is 0 Å². The maximum absolute atomic E-state index is 12.4. The third kappa shape index (κ3) is 4.51. The summed E-state index contributed by atoms with van der Waals surface area (Å²) in [5, 5.41) is 7.69. The lowest BCUT2D eigenvalue weighted by molar-refractivity contribution is -0.132. The highest BCUT2D eigenvalue weighted by molar-refractivity contribution is 6.32. The average Bonchev–Trinajstić information content (AvgIpc) is 3.14. The Morgan fingerprint density at radius 1 is 1.41 bits per heavy atom. The van der Waals surface area contributed by atoms with Crippen LogP contribution >= 0.6 is 11.6 Å². The summed E-state index contributed by atoms with van der Waals surface area (Å²) in [6.45, 7) is 4.33. The molecule has 1 N–H and O–H groups in total. The van der Waals surface area contributed by atoms with Crippen LogP contribution in [0.2, 0.25) is 5.02 Å². The third-order valence-electron chi connectivity index (χ3n) is 4.43. The highest BCUT2D eigenvalue weighted by Crippen LogP contribution is 2.38. The van der Waals surface area contributed by atoms with E-state index in [9.17, 15) is 4.79 Å². The van der Waals surface area contributed by atoms with Crippen LogP contribution in [-0.2, 0) is 11.2 Å². The number of rotatable bonds is 6. The molecule has 3 rings (SSSR count). The number of nitrogens with one attached hydrogen (secondary N) is 1. The van der Waals surface area contributed by atoms with Gasteiger partial charge in [-0.05, 0) is 19.1 Å². The predicted molar refractivity (Wildman–Crippen MR) is 100 cm³/mol. The molecule has 0 bridgehead atoms. The summed E-state index contributed by atoms with van der Waals surface area (Å²) in [6.07, 6.45) is 0.728. The van der Waals surface area contributed by atoms with Gasteiger partial charge >= 0.3 is 0 Å². The lowest BCUT2D eigenvalue weighted by Gasteiger charge is -2.31. The van der Waals surface area contributed by atoms with Gasteiger partial charge in [-0.1, -0.05) is 16.8 Å². The van der Waals surface area contributed by atoms with E-state index < -0.39 is 0 Å². The van der Waals surface area contributed by atoms with Crippen molar-refractivity contribution in [2.24, 2.45) is 0 Å². The standard InChI is InChI=1S/C18H23ClN4O4/c1-11-10-23(7-6-20-11)16(24)5-4-15-21-18(22-27-15)12-8-13(19)17(26-3)14(9-12)25-2/h8-9,11,20H,4-7,10H2,1-3H3. The molecule has 1 aliphatic heterocycles. The second-order valence-electron chi connectivity index (χ2n) is 6.40. The average molecular weight is 395 g/mol. The predicted octanol–water partition coefficient (Wildman–Crippen LogP) is 2.16. The van der Waals surface area contributed by atoms with Crippen LogP contribution in [-0.4, -0.2) is 60.8 Å². The smallest absolute Gasteiger partial charge is 0.227 e. The fourth-order valence-electron chi connectivity index (χ4n) is 3.05. The molecule has 1 aliphatic rings. The molecule has 1 aromatic carbocycles. The second kappa shape index (κ2) is 8.58. The Morgan fingerprint density at radius 3 is 2.93 bits per heavy atom. The molecule has 146 valence electrons. The number of benzene rings is 1. The van der Waals surface area contributed by atoms with Gasteiger partial charge in [0.2, 0.25) is 17.6 Å². The SMILES string of the molecule is COc1cc(-c2noc(CCC(=O)N3CCNC(C)C3)n2)cc(Cl)c1OC. The van der Waals surface area contributed by atoms with Crippen LogP contribution < -0.4 is 14.8 Å². The molecule has 2 aromatic rings. The summed E-state index contributed by atoms with van der Waals surface area (Å²) < 4.78 is 15.8. The maximum Gasteiger partial charge on any atom is 0.227 e. The first kappa shape index (κ1) is 19.4. The summed E-state index contributed by atoms with van der Waals surface area (Å²) in [5.41, 5.74) is 0.648. The van der Waals surface area contributed by atoms with Crippen LogP contribution in [0.4, 0.5) is 0 Å². The van der Waals surface area contributed by atoms with E-state index in [1.165, 1.54) is 14.2 Å². The third-order valence-corrected chi connectivity index (χ3v) is 4.71. The van der Waals surface area contributed by atoms with E-state index in [-0.39, 0.29) is 5.91 Å². The van der Waals surface area contributed by atoms with Gasteiger partial charge in [-0.2, -0.15) is 4.98 Å². The first-order valence-corrected chi connectivity index (χ1v) is 9.15. The van der Waals surface area contributed by atoms with Crippen molar-refractivity contribution in [3.05, 3.63) is 23.0 Å². The number of halogens is 1. The van der Waals surface area contributed by atoms with Crippen molar-refractivity contribution in [3.8, 4) is 22.9 Å². The zero-order valence-electron chi connectivity index (χ0n) is 15.6. The zero-order chi connectivity index (χ0) is 19.4. The van der Waals surface area contributed by atoms with Crippen molar-refractivity contribution >= 4 is 17.5 Å². The monoisotopic (exact) mass is 394 g/mol. The Kier molecular flexibility index (Phi) is 6.18. The van der Waals surface area contributed by atoms with Crippen LogP contribution in [0.5, 0.6) is 11.5 Å². The van der Waals surface area contributed by atoms with Crippen molar-refractivity contribution in [2.45, 2.75) is 25.8 Å². The lowest BCUT2D eigenvalue weighted by Crippen LogP contribution is -2.51. The number of nitrogens with zero attached hydrogens (tertiary/aromatic N) is 3. The number of carbonyl (C=O) groups is 1. The van der Waals surface area contributed by atoms with Gasteiger partial charge < -0.3 is 24.2 Å². The van der Waals surface area contributed by atoms with E-state index in [2.05, 4.69) is 22.4 Å². The van der Waals surface area contributed by atoms with E-state index in [0.717, 1.165) is 19.6 Å². The van der Waals surface area contributed by atoms with Gasteiger partial charge in [-0.25, -0.2) is 0 Å². The van der Waals surface area contributed by atoms with Gasteiger partial charge in [0.15, 0.2) is 11.5 Å². The molecular formula is C18H23ClN4O4. The number of hydrogen-bond donors (Lipinski definition) is 1. The molecule has 0 aliphatic carbocycles. The van der Waals surface area contributed by atoms with Crippen LogP contribution in [0.15, 0.2) is 16.7 Å². The number of piperazine rings is 1. The van der Waals surface area contributed by atoms with Crippen molar-refractivity contribution < 1.29 is 18.8 Å². The van der Waals surface area contributed by atoms with Crippen LogP contribution in [0.25, 0.3) is 11.4 Å². The van der Waals surface area contributed by atoms with E-state index in [1.54, 1.807) is 12.1 Å². The molecule has 1 atom stereocenters. The van der Waals surface area contributed by atoms with Gasteiger partial charge in [0, 0.05) is 44.1 Å². The van der Waals surface area contributed by atoms with E-state index in [0.29, 0.717) is 52.7 Å². The molecule has 1 amide bonds. The van der Waals surface area contributed by atoms with Crippen molar-refractivity contribution in [3.63, 3.8) is 0 Å². The zero-order valence-corrected chi connectivity index (χ0v) is 16.4. The minimum atomic E-state index is 0.0947. The Hall–Kier alpha value is -2.32. The number of ether oxygens (including phenoxy) is 2. The van der Waals surface area contributed by atoms with E-state index in [4.69, 9.17) is 25.6 Å². The maximum atomic E-state index is 12.4. The molecular weight excluding hydrogens is 372 g/mol. The van der Waals surface area contributed by atoms with E-state index >= 15 is 0 Å². The first-order valence-electron chi connectivity index (χ1n) is 8.77. The second-order valence-corrected chi connectivity index (χ2v) is 6.81. The van der Waals surface area contributed by atoms with Crippen molar-refractivity contribution in [1.29, 1.82) is 0 Å². The van der Waals surface area contributed by atoms with Gasteiger partial charge in [-0.15, -0.1) is 0 Å². The summed E-state index contributed by atoms with van der Waals surface area (Å²) in [5.74, 6) is 1.82. The Labute approximate surface area is 162 Å². The topological polar surface area (TPSA) is 89.7 Å². The Balaban J connectivity index is 1.66. The number of aromatic nitrogens is 2. The highest BCUT2D eigenvalue weighted by Gasteiger charge is 2.21. The molecule has 8 nitrogen and oxygen atoms in total. The number of carbonyl (C=O) groups excluding carboxylic acids is 1. The normalized spacial score (nSPS) is 17.0. The molecule has 0 saturated carbocycles. The first-order chi connectivity index (χ1) is 13.0. The van der Waals surface area contributed by atoms with Gasteiger partial charge in [0.1, 0.15) is 0 Å². The van der Waals surface area contributed by atoms with Gasteiger partial charge in [0.25, 0.3) is 0 Å². The number of methoxy groups -OCH3 is 2. The molecule has 27 heavy (non-hydrogen) atoms. The molecule has 1 saturated heterocycles. The highest BCUT2D eigenvalue weighted by atomic mass is 35.5. The quantitative estimate of drug-likeness (QED) is 0.802. The molecule has 0 spiro atoms. The molecule has 1 aromatic heterocycles. The molecule has 1 fully saturated rings. The van der Waals surface area contributed by atoms with Crippen molar-refractivity contribution in [1.82, 2.24) is 20.4 Å². The van der Waals surface area contributed by atoms with Crippen LogP contribution in [0.1, 0.15) is 19.2 Å². The van der Waals surface area contributed by atoms with Gasteiger partial charge in [-0.3, -0.25) is 4.79 Å². The minimum Gasteiger partial charge on any atom is -0.493 e. The molecule has 9 heteroatoms. The Bertz CT molecular complexity index is 811. The summed E-state index contributed by atoms with van der Waals surface area (Å²) >= 11 is 6.22. The lowest BCUT2D eigenvalue weighted by atomic mass is 10.2. The number of amides is 1. The summed E-state index contributed by atoms with van der Waals surface area (Å²) in [7, 11) is 3.05. The van der Waals surface area contributed by atoms with Crippen LogP contribution in [0.3, 0.4) is 0 Å². The summed E-state index contributed by atoms with van der Waals surface area (Å²) in [4.78, 5) is 18.6. The number of hydrogen-bond acceptors (Lipinski definition) is 7. The molecule has 1 unspecified atom stereocenters.